The number of carbonyl (C=O) groups excluding carboxylic acids is 1. The normalized spacial score (nSPS) is 12.0. The highest BCUT2D eigenvalue weighted by Crippen LogP contribution is 2.23. The summed E-state index contributed by atoms with van der Waals surface area (Å²) in [5, 5.41) is 6.51. The molecule has 0 aliphatic heterocycles. The highest BCUT2D eigenvalue weighted by atomic mass is 19.4. The van der Waals surface area contributed by atoms with E-state index in [4.69, 9.17) is 0 Å². The number of nitrogens with one attached hydrogen (secondary N) is 1. The predicted octanol–water partition coefficient (Wildman–Crippen LogP) is 3.22. The maximum atomic E-state index is 12.7. The van der Waals surface area contributed by atoms with Crippen molar-refractivity contribution in [3.05, 3.63) is 17.0 Å². The Morgan fingerprint density at radius 1 is 1.30 bits per heavy atom. The summed E-state index contributed by atoms with van der Waals surface area (Å²) in [5.41, 5.74) is 1.15. The largest absolute Gasteiger partial charge is 0.406 e. The molecule has 7 heteroatoms. The summed E-state index contributed by atoms with van der Waals surface area (Å²) in [7, 11) is 0. The molecule has 0 aromatic carbocycles. The molecule has 0 unspecified atom stereocenters. The highest BCUT2D eigenvalue weighted by molar-refractivity contribution is 5.96. The molecular formula is C13H20F3N3O. The number of hydrogen-bond acceptors (Lipinski definition) is 2. The standard InChI is InChI=1S/C13H20F3N3O/c1-5-10(6-2)19(7-13(14,15)16)12(20)11-8(3)17-18-9(11)4/h10H,5-7H2,1-4H3,(H,17,18). The SMILES string of the molecule is CCC(CC)N(CC(F)(F)F)C(=O)c1c(C)n[nH]c1C. The number of rotatable bonds is 5. The predicted molar refractivity (Wildman–Crippen MR) is 69.5 cm³/mol. The molecule has 1 rings (SSSR count). The lowest BCUT2D eigenvalue weighted by molar-refractivity contribution is -0.144. The fraction of sp³-hybridized carbons (Fsp3) is 0.692. The zero-order valence-corrected chi connectivity index (χ0v) is 12.1. The summed E-state index contributed by atoms with van der Waals surface area (Å²) in [6, 6.07) is -0.433. The van der Waals surface area contributed by atoms with Crippen molar-refractivity contribution < 1.29 is 18.0 Å². The number of aromatic amines is 1. The molecule has 114 valence electrons. The molecule has 0 aliphatic carbocycles. The van der Waals surface area contributed by atoms with Crippen LogP contribution in [0.2, 0.25) is 0 Å². The molecule has 1 aromatic rings. The first-order chi connectivity index (χ1) is 9.21. The number of amides is 1. The lowest BCUT2D eigenvalue weighted by atomic mass is 10.1. The van der Waals surface area contributed by atoms with Crippen molar-refractivity contribution in [3.8, 4) is 0 Å². The van der Waals surface area contributed by atoms with Crippen LogP contribution in [-0.4, -0.2) is 39.8 Å². The second-order valence-electron chi connectivity index (χ2n) is 4.83. The summed E-state index contributed by atoms with van der Waals surface area (Å²) in [6.07, 6.45) is -3.45. The lowest BCUT2D eigenvalue weighted by Crippen LogP contribution is -2.45. The highest BCUT2D eigenvalue weighted by Gasteiger charge is 2.37. The minimum Gasteiger partial charge on any atom is -0.326 e. The lowest BCUT2D eigenvalue weighted by Gasteiger charge is -2.31. The maximum absolute atomic E-state index is 12.7. The van der Waals surface area contributed by atoms with Gasteiger partial charge in [0.1, 0.15) is 6.54 Å². The van der Waals surface area contributed by atoms with Gasteiger partial charge in [-0.25, -0.2) is 0 Å². The molecule has 1 heterocycles. The van der Waals surface area contributed by atoms with Crippen LogP contribution < -0.4 is 0 Å². The van der Waals surface area contributed by atoms with E-state index < -0.39 is 24.7 Å². The third kappa shape index (κ3) is 3.74. The maximum Gasteiger partial charge on any atom is 0.406 e. The fourth-order valence-corrected chi connectivity index (χ4v) is 2.30. The Balaban J connectivity index is 3.13. The molecule has 0 saturated carbocycles. The van der Waals surface area contributed by atoms with Crippen molar-refractivity contribution >= 4 is 5.91 Å². The van der Waals surface area contributed by atoms with Crippen molar-refractivity contribution in [1.29, 1.82) is 0 Å². The van der Waals surface area contributed by atoms with E-state index in [2.05, 4.69) is 10.2 Å². The second-order valence-corrected chi connectivity index (χ2v) is 4.83. The van der Waals surface area contributed by atoms with Gasteiger partial charge in [0.25, 0.3) is 5.91 Å². The van der Waals surface area contributed by atoms with E-state index in [1.165, 1.54) is 0 Å². The first-order valence-electron chi connectivity index (χ1n) is 6.60. The van der Waals surface area contributed by atoms with Gasteiger partial charge in [0.2, 0.25) is 0 Å². The van der Waals surface area contributed by atoms with Crippen molar-refractivity contribution in [2.45, 2.75) is 52.8 Å². The number of halogens is 3. The number of alkyl halides is 3. The second kappa shape index (κ2) is 6.28. The molecule has 4 nitrogen and oxygen atoms in total. The van der Waals surface area contributed by atoms with Crippen LogP contribution in [0, 0.1) is 13.8 Å². The van der Waals surface area contributed by atoms with E-state index in [1.54, 1.807) is 27.7 Å². The van der Waals surface area contributed by atoms with Crippen LogP contribution in [0.3, 0.4) is 0 Å². The van der Waals surface area contributed by atoms with Crippen molar-refractivity contribution in [2.75, 3.05) is 6.54 Å². The van der Waals surface area contributed by atoms with Crippen LogP contribution in [0.1, 0.15) is 48.4 Å². The molecule has 1 aromatic heterocycles. The van der Waals surface area contributed by atoms with Crippen LogP contribution in [0.25, 0.3) is 0 Å². The smallest absolute Gasteiger partial charge is 0.326 e. The van der Waals surface area contributed by atoms with Gasteiger partial charge in [-0.3, -0.25) is 9.89 Å². The van der Waals surface area contributed by atoms with E-state index in [0.717, 1.165) is 4.90 Å². The van der Waals surface area contributed by atoms with Gasteiger partial charge in [-0.2, -0.15) is 18.3 Å². The Morgan fingerprint density at radius 2 is 1.85 bits per heavy atom. The molecular weight excluding hydrogens is 271 g/mol. The quantitative estimate of drug-likeness (QED) is 0.905. The first kappa shape index (κ1) is 16.5. The Bertz CT molecular complexity index is 444. The summed E-state index contributed by atoms with van der Waals surface area (Å²) >= 11 is 0. The zero-order valence-electron chi connectivity index (χ0n) is 12.1. The number of aromatic nitrogens is 2. The third-order valence-corrected chi connectivity index (χ3v) is 3.34. The Morgan fingerprint density at radius 3 is 2.20 bits per heavy atom. The minimum atomic E-state index is -4.41. The van der Waals surface area contributed by atoms with Gasteiger partial charge < -0.3 is 4.90 Å². The summed E-state index contributed by atoms with van der Waals surface area (Å²) < 4.78 is 38.2. The van der Waals surface area contributed by atoms with E-state index in [0.29, 0.717) is 24.2 Å². The van der Waals surface area contributed by atoms with Crippen LogP contribution in [0.4, 0.5) is 13.2 Å². The number of carbonyl (C=O) groups is 1. The average Bonchev–Trinajstić information content (AvgIpc) is 2.67. The molecule has 0 saturated heterocycles. The third-order valence-electron chi connectivity index (χ3n) is 3.34. The zero-order chi connectivity index (χ0) is 15.5. The Hall–Kier alpha value is -1.53. The Labute approximate surface area is 116 Å². The van der Waals surface area contributed by atoms with Crippen LogP contribution in [0.15, 0.2) is 0 Å². The average molecular weight is 291 g/mol. The monoisotopic (exact) mass is 291 g/mol. The van der Waals surface area contributed by atoms with Crippen molar-refractivity contribution in [2.24, 2.45) is 0 Å². The minimum absolute atomic E-state index is 0.237. The van der Waals surface area contributed by atoms with E-state index in [1.807, 2.05) is 0 Å². The number of aryl methyl sites for hydroxylation is 2. The van der Waals surface area contributed by atoms with E-state index >= 15 is 0 Å². The molecule has 1 amide bonds. The summed E-state index contributed by atoms with van der Waals surface area (Å²) in [4.78, 5) is 13.4. The van der Waals surface area contributed by atoms with Gasteiger partial charge in [0.05, 0.1) is 11.3 Å². The van der Waals surface area contributed by atoms with Gasteiger partial charge in [-0.1, -0.05) is 13.8 Å². The number of hydrogen-bond donors (Lipinski definition) is 1. The van der Waals surface area contributed by atoms with Gasteiger partial charge in [0.15, 0.2) is 0 Å². The van der Waals surface area contributed by atoms with Crippen LogP contribution in [0.5, 0.6) is 0 Å². The number of H-pyrrole nitrogens is 1. The molecule has 1 N–H and O–H groups in total. The first-order valence-corrected chi connectivity index (χ1v) is 6.60. The molecule has 0 spiro atoms. The van der Waals surface area contributed by atoms with Crippen molar-refractivity contribution in [3.63, 3.8) is 0 Å². The van der Waals surface area contributed by atoms with E-state index in [9.17, 15) is 18.0 Å². The molecule has 0 fully saturated rings. The molecule has 20 heavy (non-hydrogen) atoms. The molecule has 0 aliphatic rings. The van der Waals surface area contributed by atoms with Crippen molar-refractivity contribution in [1.82, 2.24) is 15.1 Å². The molecule has 0 radical (unpaired) electrons. The van der Waals surface area contributed by atoms with Crippen LogP contribution >= 0.6 is 0 Å². The topological polar surface area (TPSA) is 49.0 Å². The van der Waals surface area contributed by atoms with E-state index in [-0.39, 0.29) is 5.56 Å². The summed E-state index contributed by atoms with van der Waals surface area (Å²) in [6.45, 7) is 5.56. The van der Waals surface area contributed by atoms with Gasteiger partial charge in [0, 0.05) is 11.7 Å². The molecule has 0 atom stereocenters. The van der Waals surface area contributed by atoms with Gasteiger partial charge in [-0.05, 0) is 26.7 Å². The van der Waals surface area contributed by atoms with Crippen LogP contribution in [-0.2, 0) is 0 Å². The summed E-state index contributed by atoms with van der Waals surface area (Å²) in [5.74, 6) is -0.611. The van der Waals surface area contributed by atoms with Gasteiger partial charge in [-0.15, -0.1) is 0 Å². The number of nitrogens with zero attached hydrogens (tertiary/aromatic N) is 2. The Kier molecular flexibility index (Phi) is 5.19. The fourth-order valence-electron chi connectivity index (χ4n) is 2.30. The van der Waals surface area contributed by atoms with Gasteiger partial charge >= 0.3 is 6.18 Å². The molecule has 0 bridgehead atoms.